The minimum atomic E-state index is -0.750. The normalized spacial score (nSPS) is 12.0. The molecule has 8 heteroatoms. The molecule has 7 nitrogen and oxygen atoms in total. The standard InChI is InChI=1S/C19H19N3O4S/c1-4-13(19(25)26-3)22-10-20-17-14(18(22)24)11(2)15(27-17)16(23)21-12-8-6-5-7-9-12/h5-10,13H,4H2,1-3H3,(H,21,23). The maximum absolute atomic E-state index is 13.0. The van der Waals surface area contributed by atoms with Gasteiger partial charge in [-0.15, -0.1) is 11.3 Å². The quantitative estimate of drug-likeness (QED) is 0.682. The zero-order valence-corrected chi connectivity index (χ0v) is 16.0. The number of esters is 1. The van der Waals surface area contributed by atoms with Crippen LogP contribution in [0.25, 0.3) is 10.2 Å². The Morgan fingerprint density at radius 1 is 1.30 bits per heavy atom. The number of amides is 1. The van der Waals surface area contributed by atoms with Gasteiger partial charge in [0.1, 0.15) is 10.9 Å². The highest BCUT2D eigenvalue weighted by atomic mass is 32.1. The van der Waals surface area contributed by atoms with E-state index in [4.69, 9.17) is 4.74 Å². The molecule has 3 aromatic rings. The van der Waals surface area contributed by atoms with Gasteiger partial charge in [-0.25, -0.2) is 9.78 Å². The van der Waals surface area contributed by atoms with Gasteiger partial charge in [-0.2, -0.15) is 0 Å². The summed E-state index contributed by atoms with van der Waals surface area (Å²) in [7, 11) is 1.28. The molecule has 2 aromatic heterocycles. The Labute approximate surface area is 159 Å². The first-order valence-corrected chi connectivity index (χ1v) is 9.24. The van der Waals surface area contributed by atoms with Crippen LogP contribution in [0.15, 0.2) is 41.5 Å². The molecule has 0 saturated carbocycles. The average Bonchev–Trinajstić information content (AvgIpc) is 3.02. The number of hydrogen-bond donors (Lipinski definition) is 1. The maximum Gasteiger partial charge on any atom is 0.329 e. The minimum absolute atomic E-state index is 0.298. The Morgan fingerprint density at radius 2 is 2.00 bits per heavy atom. The van der Waals surface area contributed by atoms with Crippen molar-refractivity contribution < 1.29 is 14.3 Å². The van der Waals surface area contributed by atoms with Crippen LogP contribution in [0.3, 0.4) is 0 Å². The monoisotopic (exact) mass is 385 g/mol. The largest absolute Gasteiger partial charge is 0.467 e. The number of aryl methyl sites for hydroxylation is 1. The van der Waals surface area contributed by atoms with Gasteiger partial charge >= 0.3 is 5.97 Å². The van der Waals surface area contributed by atoms with Crippen LogP contribution < -0.4 is 10.9 Å². The molecule has 1 aromatic carbocycles. The number of nitrogens with zero attached hydrogens (tertiary/aromatic N) is 2. The molecular formula is C19H19N3O4S. The Morgan fingerprint density at radius 3 is 2.63 bits per heavy atom. The summed E-state index contributed by atoms with van der Waals surface area (Å²) in [6.45, 7) is 3.50. The lowest BCUT2D eigenvalue weighted by Gasteiger charge is -2.15. The van der Waals surface area contributed by atoms with E-state index in [0.717, 1.165) is 11.3 Å². The molecule has 140 valence electrons. The van der Waals surface area contributed by atoms with E-state index in [9.17, 15) is 14.4 Å². The SMILES string of the molecule is CCC(C(=O)OC)n1cnc2sc(C(=O)Nc3ccccc3)c(C)c2c1=O. The van der Waals surface area contributed by atoms with Crippen LogP contribution in [0.2, 0.25) is 0 Å². The Hall–Kier alpha value is -3.00. The zero-order valence-electron chi connectivity index (χ0n) is 15.2. The van der Waals surface area contributed by atoms with E-state index >= 15 is 0 Å². The summed E-state index contributed by atoms with van der Waals surface area (Å²) >= 11 is 1.15. The second-order valence-corrected chi connectivity index (χ2v) is 6.96. The molecule has 27 heavy (non-hydrogen) atoms. The van der Waals surface area contributed by atoms with Crippen molar-refractivity contribution in [3.63, 3.8) is 0 Å². The molecular weight excluding hydrogens is 366 g/mol. The van der Waals surface area contributed by atoms with E-state index in [1.54, 1.807) is 26.0 Å². The fourth-order valence-corrected chi connectivity index (χ4v) is 3.93. The highest BCUT2D eigenvalue weighted by Gasteiger charge is 2.24. The number of fused-ring (bicyclic) bond motifs is 1. The summed E-state index contributed by atoms with van der Waals surface area (Å²) in [6.07, 6.45) is 1.73. The molecule has 3 rings (SSSR count). The van der Waals surface area contributed by atoms with Crippen molar-refractivity contribution >= 4 is 39.1 Å². The highest BCUT2D eigenvalue weighted by Crippen LogP contribution is 2.28. The number of rotatable bonds is 5. The number of para-hydroxylation sites is 1. The lowest BCUT2D eigenvalue weighted by Crippen LogP contribution is -2.30. The summed E-state index contributed by atoms with van der Waals surface area (Å²) in [5.74, 6) is -0.802. The molecule has 0 aliphatic heterocycles. The third-order valence-corrected chi connectivity index (χ3v) is 5.51. The first-order chi connectivity index (χ1) is 13.0. The van der Waals surface area contributed by atoms with Crippen LogP contribution in [-0.2, 0) is 9.53 Å². The van der Waals surface area contributed by atoms with Crippen molar-refractivity contribution in [1.82, 2.24) is 9.55 Å². The van der Waals surface area contributed by atoms with Crippen molar-refractivity contribution in [2.24, 2.45) is 0 Å². The lowest BCUT2D eigenvalue weighted by atomic mass is 10.2. The highest BCUT2D eigenvalue weighted by molar-refractivity contribution is 7.20. The number of anilines is 1. The van der Waals surface area contributed by atoms with Gasteiger partial charge in [-0.05, 0) is 31.0 Å². The maximum atomic E-state index is 13.0. The average molecular weight is 385 g/mol. The summed E-state index contributed by atoms with van der Waals surface area (Å²) < 4.78 is 6.05. The Kier molecular flexibility index (Phi) is 5.36. The molecule has 0 aliphatic carbocycles. The number of methoxy groups -OCH3 is 1. The van der Waals surface area contributed by atoms with E-state index in [-0.39, 0.29) is 11.5 Å². The van der Waals surface area contributed by atoms with E-state index < -0.39 is 12.0 Å². The third-order valence-electron chi connectivity index (χ3n) is 4.31. The van der Waals surface area contributed by atoms with Gasteiger partial charge in [-0.3, -0.25) is 14.2 Å². The number of aromatic nitrogens is 2. The number of hydrogen-bond acceptors (Lipinski definition) is 6. The van der Waals surface area contributed by atoms with Crippen LogP contribution in [0.5, 0.6) is 0 Å². The second kappa shape index (κ2) is 7.71. The third kappa shape index (κ3) is 3.48. The molecule has 0 radical (unpaired) electrons. The molecule has 0 aliphatic rings. The number of benzene rings is 1. The predicted octanol–water partition coefficient (Wildman–Crippen LogP) is 3.14. The Balaban J connectivity index is 2.05. The zero-order chi connectivity index (χ0) is 19.6. The number of carbonyl (C=O) groups is 2. The molecule has 0 bridgehead atoms. The molecule has 1 atom stereocenters. The van der Waals surface area contributed by atoms with Crippen molar-refractivity contribution in [3.8, 4) is 0 Å². The summed E-state index contributed by atoms with van der Waals surface area (Å²) in [4.78, 5) is 42.7. The molecule has 0 saturated heterocycles. The van der Waals surface area contributed by atoms with Crippen LogP contribution >= 0.6 is 11.3 Å². The van der Waals surface area contributed by atoms with Crippen molar-refractivity contribution in [2.75, 3.05) is 12.4 Å². The van der Waals surface area contributed by atoms with Crippen molar-refractivity contribution in [3.05, 3.63) is 57.5 Å². The minimum Gasteiger partial charge on any atom is -0.467 e. The van der Waals surface area contributed by atoms with Gasteiger partial charge in [0.05, 0.1) is 23.7 Å². The van der Waals surface area contributed by atoms with Gasteiger partial charge < -0.3 is 10.1 Å². The van der Waals surface area contributed by atoms with Crippen molar-refractivity contribution in [1.29, 1.82) is 0 Å². The summed E-state index contributed by atoms with van der Waals surface area (Å²) in [6, 6.07) is 8.33. The molecule has 2 heterocycles. The molecule has 0 spiro atoms. The van der Waals surface area contributed by atoms with Gasteiger partial charge in [0.2, 0.25) is 0 Å². The summed E-state index contributed by atoms with van der Waals surface area (Å²) in [5, 5.41) is 3.17. The van der Waals surface area contributed by atoms with Gasteiger partial charge in [0.15, 0.2) is 0 Å². The number of thiophene rings is 1. The van der Waals surface area contributed by atoms with Gasteiger partial charge in [0, 0.05) is 5.69 Å². The number of nitrogens with one attached hydrogen (secondary N) is 1. The van der Waals surface area contributed by atoms with E-state index in [1.165, 1.54) is 18.0 Å². The van der Waals surface area contributed by atoms with Crippen LogP contribution in [0.4, 0.5) is 5.69 Å². The van der Waals surface area contributed by atoms with Gasteiger partial charge in [-0.1, -0.05) is 25.1 Å². The van der Waals surface area contributed by atoms with Crippen LogP contribution in [0.1, 0.15) is 34.6 Å². The predicted molar refractivity (Wildman–Crippen MR) is 104 cm³/mol. The van der Waals surface area contributed by atoms with E-state index in [0.29, 0.717) is 32.8 Å². The van der Waals surface area contributed by atoms with Crippen LogP contribution in [-0.4, -0.2) is 28.5 Å². The van der Waals surface area contributed by atoms with E-state index in [2.05, 4.69) is 10.3 Å². The van der Waals surface area contributed by atoms with Crippen molar-refractivity contribution in [2.45, 2.75) is 26.3 Å². The lowest BCUT2D eigenvalue weighted by molar-refractivity contribution is -0.144. The first kappa shape index (κ1) is 18.8. The molecule has 1 unspecified atom stereocenters. The number of carbonyl (C=O) groups excluding carboxylic acids is 2. The molecule has 0 fully saturated rings. The fourth-order valence-electron chi connectivity index (χ4n) is 2.90. The molecule has 1 N–H and O–H groups in total. The number of ether oxygens (including phenoxy) is 1. The Bertz CT molecular complexity index is 1060. The first-order valence-electron chi connectivity index (χ1n) is 8.42. The van der Waals surface area contributed by atoms with Gasteiger partial charge in [0.25, 0.3) is 11.5 Å². The smallest absolute Gasteiger partial charge is 0.329 e. The second-order valence-electron chi connectivity index (χ2n) is 5.96. The summed E-state index contributed by atoms with van der Waals surface area (Å²) in [5.41, 5.74) is 0.862. The van der Waals surface area contributed by atoms with E-state index in [1.807, 2.05) is 18.2 Å². The van der Waals surface area contributed by atoms with Crippen LogP contribution in [0, 0.1) is 6.92 Å². The molecule has 1 amide bonds. The fraction of sp³-hybridized carbons (Fsp3) is 0.263. The topological polar surface area (TPSA) is 90.3 Å².